The van der Waals surface area contributed by atoms with Crippen LogP contribution in [-0.4, -0.2) is 4.98 Å². The summed E-state index contributed by atoms with van der Waals surface area (Å²) in [6.45, 7) is 9.11. The van der Waals surface area contributed by atoms with Gasteiger partial charge < -0.3 is 0 Å². The monoisotopic (exact) mass is 391 g/mol. The summed E-state index contributed by atoms with van der Waals surface area (Å²) in [7, 11) is 0. The first-order chi connectivity index (χ1) is 14.5. The van der Waals surface area contributed by atoms with Crippen molar-refractivity contribution in [1.82, 2.24) is 4.98 Å². The minimum Gasteiger partial charge on any atom is -0.256 e. The van der Waals surface area contributed by atoms with Crippen LogP contribution in [0.1, 0.15) is 50.7 Å². The summed E-state index contributed by atoms with van der Waals surface area (Å²) in [5.74, 6) is 0.985. The van der Waals surface area contributed by atoms with E-state index in [9.17, 15) is 0 Å². The quantitative estimate of drug-likeness (QED) is 0.333. The van der Waals surface area contributed by atoms with E-state index < -0.39 is 0 Å². The molecule has 0 amide bonds. The summed E-state index contributed by atoms with van der Waals surface area (Å²) in [5, 5.41) is 0. The Balaban J connectivity index is 1.73. The van der Waals surface area contributed by atoms with Crippen LogP contribution in [-0.2, 0) is 0 Å². The van der Waals surface area contributed by atoms with E-state index in [-0.39, 0.29) is 0 Å². The predicted octanol–water partition coefficient (Wildman–Crippen LogP) is 8.33. The minimum atomic E-state index is 0.493. The molecule has 30 heavy (non-hydrogen) atoms. The number of aromatic nitrogens is 1. The van der Waals surface area contributed by atoms with Crippen molar-refractivity contribution in [2.45, 2.75) is 39.5 Å². The van der Waals surface area contributed by atoms with Gasteiger partial charge in [-0.05, 0) is 57.3 Å². The maximum absolute atomic E-state index is 4.56. The lowest BCUT2D eigenvalue weighted by Crippen LogP contribution is -1.99. The number of hydrogen-bond acceptors (Lipinski definition) is 1. The van der Waals surface area contributed by atoms with Crippen LogP contribution in [0.3, 0.4) is 0 Å². The van der Waals surface area contributed by atoms with Crippen LogP contribution in [0.2, 0.25) is 0 Å². The van der Waals surface area contributed by atoms with Gasteiger partial charge in [0.05, 0.1) is 5.69 Å². The molecule has 0 saturated heterocycles. The summed E-state index contributed by atoms with van der Waals surface area (Å²) in [5.41, 5.74) is 10.1. The molecule has 0 fully saturated rings. The van der Waals surface area contributed by atoms with E-state index in [1.54, 1.807) is 0 Å². The molecule has 0 N–H and O–H groups in total. The second kappa shape index (κ2) is 8.67. The fourth-order valence-electron chi connectivity index (χ4n) is 4.09. The third-order valence-corrected chi connectivity index (χ3v) is 5.71. The van der Waals surface area contributed by atoms with Crippen molar-refractivity contribution in [1.29, 1.82) is 0 Å². The van der Waals surface area contributed by atoms with Gasteiger partial charge in [0.1, 0.15) is 0 Å². The lowest BCUT2D eigenvalue weighted by Gasteiger charge is -2.20. The van der Waals surface area contributed by atoms with Gasteiger partial charge in [-0.25, -0.2) is 0 Å². The highest BCUT2D eigenvalue weighted by Crippen LogP contribution is 2.37. The molecule has 1 heterocycles. The summed E-state index contributed by atoms with van der Waals surface area (Å²) in [6.07, 6.45) is 1.90. The van der Waals surface area contributed by atoms with Crippen LogP contribution < -0.4 is 0 Å². The molecule has 0 bridgehead atoms. The second-order valence-electron chi connectivity index (χ2n) is 8.49. The first kappa shape index (κ1) is 20.1. The summed E-state index contributed by atoms with van der Waals surface area (Å²) in [6, 6.07) is 30.4. The average molecular weight is 392 g/mol. The predicted molar refractivity (Wildman–Crippen MR) is 129 cm³/mol. The van der Waals surface area contributed by atoms with Gasteiger partial charge in [-0.3, -0.25) is 4.98 Å². The third-order valence-electron chi connectivity index (χ3n) is 5.71. The van der Waals surface area contributed by atoms with E-state index >= 15 is 0 Å². The largest absolute Gasteiger partial charge is 0.256 e. The molecule has 3 aromatic carbocycles. The van der Waals surface area contributed by atoms with Crippen LogP contribution >= 0.6 is 0 Å². The Morgan fingerprint density at radius 1 is 0.533 bits per heavy atom. The van der Waals surface area contributed by atoms with Crippen LogP contribution in [0.5, 0.6) is 0 Å². The summed E-state index contributed by atoms with van der Waals surface area (Å²) in [4.78, 5) is 4.56. The first-order valence-corrected chi connectivity index (χ1v) is 10.8. The second-order valence-corrected chi connectivity index (χ2v) is 8.49. The van der Waals surface area contributed by atoms with Crippen LogP contribution in [0.15, 0.2) is 91.1 Å². The highest BCUT2D eigenvalue weighted by Gasteiger charge is 2.15. The Morgan fingerprint density at radius 3 is 1.73 bits per heavy atom. The molecule has 0 unspecified atom stereocenters. The van der Waals surface area contributed by atoms with Gasteiger partial charge in [0.2, 0.25) is 0 Å². The smallest absolute Gasteiger partial charge is 0.0708 e. The molecule has 0 aliphatic heterocycles. The normalized spacial score (nSPS) is 11.3. The van der Waals surface area contributed by atoms with Gasteiger partial charge in [-0.2, -0.15) is 0 Å². The SMILES string of the molecule is CC(C)c1cccc(C(C)C)c1-c1ccc(-c2ccnc(-c3ccccc3)c2)cc1. The van der Waals surface area contributed by atoms with Gasteiger partial charge in [0, 0.05) is 11.8 Å². The van der Waals surface area contributed by atoms with Crippen molar-refractivity contribution in [2.24, 2.45) is 0 Å². The van der Waals surface area contributed by atoms with Crippen molar-refractivity contribution in [3.05, 3.63) is 102 Å². The molecule has 1 heteroatoms. The first-order valence-electron chi connectivity index (χ1n) is 10.8. The molecule has 150 valence electrons. The fraction of sp³-hybridized carbons (Fsp3) is 0.207. The van der Waals surface area contributed by atoms with Gasteiger partial charge in [-0.15, -0.1) is 0 Å². The van der Waals surface area contributed by atoms with E-state index in [0.29, 0.717) is 11.8 Å². The highest BCUT2D eigenvalue weighted by atomic mass is 14.7. The molecule has 4 aromatic rings. The molecule has 1 nitrogen and oxygen atoms in total. The third kappa shape index (κ3) is 4.07. The molecule has 0 saturated carbocycles. The van der Waals surface area contributed by atoms with Crippen molar-refractivity contribution < 1.29 is 0 Å². The molecule has 0 aliphatic carbocycles. The van der Waals surface area contributed by atoms with Crippen molar-refractivity contribution >= 4 is 0 Å². The minimum absolute atomic E-state index is 0.493. The van der Waals surface area contributed by atoms with Crippen molar-refractivity contribution in [2.75, 3.05) is 0 Å². The standard InChI is InChI=1S/C29H29N/c1-20(2)26-11-8-12-27(21(3)4)29(26)24-15-13-22(14-16-24)25-17-18-30-28(19-25)23-9-6-5-7-10-23/h5-21H,1-4H3. The Kier molecular flexibility index (Phi) is 5.81. The Hall–Kier alpha value is -3.19. The van der Waals surface area contributed by atoms with E-state index in [1.165, 1.54) is 33.4 Å². The maximum Gasteiger partial charge on any atom is 0.0708 e. The van der Waals surface area contributed by atoms with Crippen LogP contribution in [0.25, 0.3) is 33.5 Å². The number of nitrogens with zero attached hydrogens (tertiary/aromatic N) is 1. The number of pyridine rings is 1. The van der Waals surface area contributed by atoms with Gasteiger partial charge in [0.25, 0.3) is 0 Å². The molecule has 1 aromatic heterocycles. The Bertz CT molecular complexity index is 1100. The lowest BCUT2D eigenvalue weighted by atomic mass is 9.85. The Labute approximate surface area is 180 Å². The number of benzene rings is 3. The van der Waals surface area contributed by atoms with Gasteiger partial charge in [0.15, 0.2) is 0 Å². The maximum atomic E-state index is 4.56. The average Bonchev–Trinajstić information content (AvgIpc) is 2.79. The van der Waals surface area contributed by atoms with E-state index in [2.05, 4.69) is 112 Å². The van der Waals surface area contributed by atoms with Crippen LogP contribution in [0, 0.1) is 0 Å². The molecular weight excluding hydrogens is 362 g/mol. The lowest BCUT2D eigenvalue weighted by molar-refractivity contribution is 0.838. The van der Waals surface area contributed by atoms with E-state index in [4.69, 9.17) is 0 Å². The number of hydrogen-bond donors (Lipinski definition) is 0. The Morgan fingerprint density at radius 2 is 1.13 bits per heavy atom. The zero-order valence-corrected chi connectivity index (χ0v) is 18.3. The summed E-state index contributed by atoms with van der Waals surface area (Å²) >= 11 is 0. The van der Waals surface area contributed by atoms with Crippen molar-refractivity contribution in [3.8, 4) is 33.5 Å². The summed E-state index contributed by atoms with van der Waals surface area (Å²) < 4.78 is 0. The molecule has 0 aliphatic rings. The molecule has 0 radical (unpaired) electrons. The molecular formula is C29H29N. The van der Waals surface area contributed by atoms with Crippen molar-refractivity contribution in [3.63, 3.8) is 0 Å². The van der Waals surface area contributed by atoms with Crippen LogP contribution in [0.4, 0.5) is 0 Å². The highest BCUT2D eigenvalue weighted by molar-refractivity contribution is 5.76. The topological polar surface area (TPSA) is 12.9 Å². The molecule has 0 spiro atoms. The zero-order chi connectivity index (χ0) is 21.1. The number of rotatable bonds is 5. The zero-order valence-electron chi connectivity index (χ0n) is 18.3. The van der Waals surface area contributed by atoms with E-state index in [0.717, 1.165) is 11.3 Å². The fourth-order valence-corrected chi connectivity index (χ4v) is 4.09. The van der Waals surface area contributed by atoms with Gasteiger partial charge in [-0.1, -0.05) is 100 Å². The molecule has 0 atom stereocenters. The molecule has 4 rings (SSSR count). The van der Waals surface area contributed by atoms with E-state index in [1.807, 2.05) is 12.3 Å². The van der Waals surface area contributed by atoms with Gasteiger partial charge >= 0.3 is 0 Å².